The summed E-state index contributed by atoms with van der Waals surface area (Å²) >= 11 is 0. The van der Waals surface area contributed by atoms with Gasteiger partial charge in [-0.25, -0.2) is 0 Å². The predicted octanol–water partition coefficient (Wildman–Crippen LogP) is 2.24. The number of hydrogen-bond donors (Lipinski definition) is 1. The third-order valence-electron chi connectivity index (χ3n) is 5.44. The number of hydrogen-bond acceptors (Lipinski definition) is 2. The van der Waals surface area contributed by atoms with Gasteiger partial charge < -0.3 is 5.73 Å². The lowest BCUT2D eigenvalue weighted by molar-refractivity contribution is -0.0421. The second-order valence-electron chi connectivity index (χ2n) is 6.16. The monoisotopic (exact) mass is 222 g/mol. The van der Waals surface area contributed by atoms with Crippen LogP contribution in [0.1, 0.15) is 44.9 Å². The van der Waals surface area contributed by atoms with Crippen molar-refractivity contribution in [2.24, 2.45) is 23.5 Å². The van der Waals surface area contributed by atoms with Gasteiger partial charge in [0.1, 0.15) is 0 Å². The fourth-order valence-electron chi connectivity index (χ4n) is 4.65. The molecule has 0 aromatic rings. The van der Waals surface area contributed by atoms with Crippen molar-refractivity contribution >= 4 is 0 Å². The lowest BCUT2D eigenvalue weighted by atomic mass is 9.67. The Hall–Kier alpha value is -0.0800. The maximum atomic E-state index is 6.06. The second-order valence-corrected chi connectivity index (χ2v) is 6.16. The Morgan fingerprint density at radius 3 is 2.19 bits per heavy atom. The summed E-state index contributed by atoms with van der Waals surface area (Å²) in [6.45, 7) is 3.66. The van der Waals surface area contributed by atoms with E-state index in [0.717, 1.165) is 30.3 Å². The van der Waals surface area contributed by atoms with E-state index in [1.165, 1.54) is 58.0 Å². The maximum Gasteiger partial charge on any atom is 0.0166 e. The number of nitrogens with zero attached hydrogens (tertiary/aromatic N) is 1. The van der Waals surface area contributed by atoms with Gasteiger partial charge in [0.15, 0.2) is 0 Å². The van der Waals surface area contributed by atoms with E-state index in [-0.39, 0.29) is 0 Å². The molecule has 0 aromatic heterocycles. The van der Waals surface area contributed by atoms with Crippen LogP contribution in [-0.4, -0.2) is 30.6 Å². The zero-order chi connectivity index (χ0) is 11.0. The van der Waals surface area contributed by atoms with Gasteiger partial charge in [-0.3, -0.25) is 4.90 Å². The first-order valence-electron chi connectivity index (χ1n) is 7.34. The van der Waals surface area contributed by atoms with Crippen molar-refractivity contribution in [2.45, 2.75) is 51.0 Å². The molecule has 3 aliphatic heterocycles. The molecule has 2 unspecified atom stereocenters. The summed E-state index contributed by atoms with van der Waals surface area (Å²) in [4.78, 5) is 2.79. The summed E-state index contributed by atoms with van der Waals surface area (Å²) in [6.07, 6.45) is 10.2. The molecular weight excluding hydrogens is 196 g/mol. The van der Waals surface area contributed by atoms with Crippen LogP contribution in [0.5, 0.6) is 0 Å². The molecule has 1 aliphatic carbocycles. The van der Waals surface area contributed by atoms with Crippen molar-refractivity contribution < 1.29 is 0 Å². The maximum absolute atomic E-state index is 6.06. The van der Waals surface area contributed by atoms with E-state index in [9.17, 15) is 0 Å². The Kier molecular flexibility index (Phi) is 3.21. The normalized spacial score (nSPS) is 44.8. The van der Waals surface area contributed by atoms with E-state index >= 15 is 0 Å². The molecule has 0 radical (unpaired) electrons. The van der Waals surface area contributed by atoms with Crippen molar-refractivity contribution in [3.63, 3.8) is 0 Å². The van der Waals surface area contributed by atoms with E-state index in [2.05, 4.69) is 4.90 Å². The summed E-state index contributed by atoms with van der Waals surface area (Å²) in [5.41, 5.74) is 6.06. The zero-order valence-electron chi connectivity index (χ0n) is 10.4. The second kappa shape index (κ2) is 4.66. The fraction of sp³-hybridized carbons (Fsp3) is 1.00. The van der Waals surface area contributed by atoms with Crippen LogP contribution < -0.4 is 5.73 Å². The van der Waals surface area contributed by atoms with Crippen molar-refractivity contribution in [2.75, 3.05) is 19.6 Å². The van der Waals surface area contributed by atoms with Gasteiger partial charge in [-0.1, -0.05) is 19.3 Å². The SMILES string of the molecule is NCC1C2CCN(CC2)C1C1CCCCC1. The van der Waals surface area contributed by atoms with Crippen molar-refractivity contribution in [3.8, 4) is 0 Å². The summed E-state index contributed by atoms with van der Waals surface area (Å²) in [6, 6.07) is 0.859. The molecule has 0 aromatic carbocycles. The highest BCUT2D eigenvalue weighted by Gasteiger charge is 2.44. The van der Waals surface area contributed by atoms with Crippen LogP contribution >= 0.6 is 0 Å². The molecule has 2 nitrogen and oxygen atoms in total. The number of rotatable bonds is 2. The smallest absolute Gasteiger partial charge is 0.0166 e. The Bertz CT molecular complexity index is 227. The summed E-state index contributed by atoms with van der Waals surface area (Å²) in [5, 5.41) is 0. The molecular formula is C14H26N2. The summed E-state index contributed by atoms with van der Waals surface area (Å²) in [7, 11) is 0. The minimum Gasteiger partial charge on any atom is -0.330 e. The van der Waals surface area contributed by atoms with E-state index in [1.807, 2.05) is 0 Å². The molecule has 92 valence electrons. The van der Waals surface area contributed by atoms with E-state index in [4.69, 9.17) is 5.73 Å². The highest BCUT2D eigenvalue weighted by atomic mass is 15.2. The van der Waals surface area contributed by atoms with Crippen molar-refractivity contribution in [3.05, 3.63) is 0 Å². The lowest BCUT2D eigenvalue weighted by Gasteiger charge is -2.54. The summed E-state index contributed by atoms with van der Waals surface area (Å²) in [5.74, 6) is 2.76. The molecule has 4 fully saturated rings. The molecule has 4 aliphatic rings. The predicted molar refractivity (Wildman–Crippen MR) is 67.2 cm³/mol. The van der Waals surface area contributed by atoms with Crippen LogP contribution in [0.25, 0.3) is 0 Å². The molecule has 0 spiro atoms. The van der Waals surface area contributed by atoms with Gasteiger partial charge in [-0.05, 0) is 63.1 Å². The zero-order valence-corrected chi connectivity index (χ0v) is 10.4. The van der Waals surface area contributed by atoms with Gasteiger partial charge in [0.25, 0.3) is 0 Å². The fourth-order valence-corrected chi connectivity index (χ4v) is 4.65. The minimum atomic E-state index is 0.825. The molecule has 16 heavy (non-hydrogen) atoms. The van der Waals surface area contributed by atoms with Crippen LogP contribution in [-0.2, 0) is 0 Å². The highest BCUT2D eigenvalue weighted by Crippen LogP contribution is 2.43. The lowest BCUT2D eigenvalue weighted by Crippen LogP contribution is -2.59. The standard InChI is InChI=1S/C14H26N2/c15-10-13-11-6-8-16(9-7-11)14(13)12-4-2-1-3-5-12/h11-14H,1-10,15H2. The molecule has 2 atom stereocenters. The topological polar surface area (TPSA) is 29.3 Å². The number of fused-ring (bicyclic) bond motifs is 3. The quantitative estimate of drug-likeness (QED) is 0.776. The van der Waals surface area contributed by atoms with Gasteiger partial charge >= 0.3 is 0 Å². The third kappa shape index (κ3) is 1.80. The highest BCUT2D eigenvalue weighted by molar-refractivity contribution is 4.98. The Labute approximate surface area is 99.6 Å². The Morgan fingerprint density at radius 1 is 0.875 bits per heavy atom. The molecule has 0 amide bonds. The van der Waals surface area contributed by atoms with Crippen LogP contribution in [0.4, 0.5) is 0 Å². The molecule has 3 heterocycles. The van der Waals surface area contributed by atoms with Gasteiger partial charge in [-0.15, -0.1) is 0 Å². The third-order valence-corrected chi connectivity index (χ3v) is 5.44. The van der Waals surface area contributed by atoms with Gasteiger partial charge in [0.2, 0.25) is 0 Å². The minimum absolute atomic E-state index is 0.825. The van der Waals surface area contributed by atoms with Crippen LogP contribution in [0.2, 0.25) is 0 Å². The van der Waals surface area contributed by atoms with E-state index in [0.29, 0.717) is 0 Å². The molecule has 2 N–H and O–H groups in total. The first-order valence-corrected chi connectivity index (χ1v) is 7.34. The first-order chi connectivity index (χ1) is 7.90. The molecule has 2 bridgehead atoms. The van der Waals surface area contributed by atoms with E-state index < -0.39 is 0 Å². The summed E-state index contributed by atoms with van der Waals surface area (Å²) < 4.78 is 0. The number of nitrogens with two attached hydrogens (primary N) is 1. The average molecular weight is 222 g/mol. The average Bonchev–Trinajstić information content (AvgIpc) is 2.40. The Morgan fingerprint density at radius 2 is 1.56 bits per heavy atom. The van der Waals surface area contributed by atoms with Crippen LogP contribution in [0.15, 0.2) is 0 Å². The van der Waals surface area contributed by atoms with Crippen LogP contribution in [0, 0.1) is 17.8 Å². The van der Waals surface area contributed by atoms with E-state index in [1.54, 1.807) is 0 Å². The van der Waals surface area contributed by atoms with Crippen molar-refractivity contribution in [1.82, 2.24) is 4.90 Å². The Balaban J connectivity index is 1.75. The number of piperidine rings is 3. The van der Waals surface area contributed by atoms with Gasteiger partial charge in [0.05, 0.1) is 0 Å². The van der Waals surface area contributed by atoms with Crippen LogP contribution in [0.3, 0.4) is 0 Å². The molecule has 2 heteroatoms. The van der Waals surface area contributed by atoms with Gasteiger partial charge in [0, 0.05) is 6.04 Å². The largest absolute Gasteiger partial charge is 0.330 e. The molecule has 1 saturated carbocycles. The first kappa shape index (κ1) is 11.0. The molecule has 4 rings (SSSR count). The van der Waals surface area contributed by atoms with Crippen molar-refractivity contribution in [1.29, 1.82) is 0 Å². The molecule has 3 saturated heterocycles. The van der Waals surface area contributed by atoms with Gasteiger partial charge in [-0.2, -0.15) is 0 Å².